The molecule has 1 aromatic carbocycles. The predicted molar refractivity (Wildman–Crippen MR) is 75.8 cm³/mol. The van der Waals surface area contributed by atoms with Crippen molar-refractivity contribution in [1.29, 1.82) is 0 Å². The Morgan fingerprint density at radius 2 is 1.86 bits per heavy atom. The van der Waals surface area contributed by atoms with Crippen molar-refractivity contribution in [2.24, 2.45) is 0 Å². The highest BCUT2D eigenvalue weighted by Crippen LogP contribution is 2.17. The summed E-state index contributed by atoms with van der Waals surface area (Å²) in [7, 11) is -3.62. The molecule has 0 saturated carbocycles. The Morgan fingerprint density at radius 3 is 2.43 bits per heavy atom. The summed E-state index contributed by atoms with van der Waals surface area (Å²) in [5.74, 6) is 0.484. The zero-order valence-electron chi connectivity index (χ0n) is 11.4. The van der Waals surface area contributed by atoms with Gasteiger partial charge in [-0.15, -0.1) is 6.42 Å². The summed E-state index contributed by atoms with van der Waals surface area (Å²) in [6.07, 6.45) is 5.21. The second-order valence-electron chi connectivity index (χ2n) is 4.87. The Bertz CT molecular complexity index is 647. The maximum atomic E-state index is 13.6. The van der Waals surface area contributed by atoms with Crippen LogP contribution in [0.3, 0.4) is 0 Å². The number of hydrogen-bond acceptors (Lipinski definition) is 3. The fraction of sp³-hybridized carbons (Fsp3) is 0.429. The van der Waals surface area contributed by atoms with Crippen LogP contribution in [0.2, 0.25) is 0 Å². The molecule has 1 aliphatic heterocycles. The van der Waals surface area contributed by atoms with Gasteiger partial charge in [0.05, 0.1) is 12.3 Å². The number of nitrogens with zero attached hydrogens (tertiary/aromatic N) is 2. The molecule has 0 unspecified atom stereocenters. The molecule has 0 atom stereocenters. The molecule has 21 heavy (non-hydrogen) atoms. The lowest BCUT2D eigenvalue weighted by atomic mass is 10.2. The molecule has 114 valence electrons. The molecule has 4 nitrogen and oxygen atoms in total. The van der Waals surface area contributed by atoms with Gasteiger partial charge in [-0.1, -0.05) is 12.0 Å². The zero-order chi connectivity index (χ0) is 15.5. The molecule has 0 radical (unpaired) electrons. The lowest BCUT2D eigenvalue weighted by Gasteiger charge is -2.32. The van der Waals surface area contributed by atoms with Gasteiger partial charge in [0.2, 0.25) is 10.0 Å². The first-order chi connectivity index (χ1) is 9.92. The van der Waals surface area contributed by atoms with E-state index in [-0.39, 0.29) is 5.56 Å². The molecule has 1 saturated heterocycles. The van der Waals surface area contributed by atoms with Crippen LogP contribution in [0.1, 0.15) is 5.56 Å². The summed E-state index contributed by atoms with van der Waals surface area (Å²) in [6.45, 7) is 2.24. The molecule has 0 N–H and O–H groups in total. The van der Waals surface area contributed by atoms with Crippen molar-refractivity contribution in [1.82, 2.24) is 9.21 Å². The van der Waals surface area contributed by atoms with Crippen molar-refractivity contribution in [2.75, 3.05) is 32.7 Å². The molecule has 0 amide bonds. The van der Waals surface area contributed by atoms with Crippen LogP contribution in [0.4, 0.5) is 8.78 Å². The van der Waals surface area contributed by atoms with Gasteiger partial charge in [-0.05, 0) is 6.07 Å². The fourth-order valence-electron chi connectivity index (χ4n) is 2.22. The third-order valence-electron chi connectivity index (χ3n) is 3.39. The van der Waals surface area contributed by atoms with E-state index in [1.807, 2.05) is 4.90 Å². The smallest absolute Gasteiger partial charge is 0.218 e. The number of sulfonamides is 1. The van der Waals surface area contributed by atoms with Crippen LogP contribution in [0, 0.1) is 24.0 Å². The summed E-state index contributed by atoms with van der Waals surface area (Å²) in [6, 6.07) is 2.91. The van der Waals surface area contributed by atoms with E-state index in [2.05, 4.69) is 5.92 Å². The second-order valence-corrected chi connectivity index (χ2v) is 6.84. The summed E-state index contributed by atoms with van der Waals surface area (Å²) in [4.78, 5) is 1.98. The van der Waals surface area contributed by atoms with E-state index in [0.29, 0.717) is 38.8 Å². The third-order valence-corrected chi connectivity index (χ3v) is 5.22. The fourth-order valence-corrected chi connectivity index (χ4v) is 3.75. The topological polar surface area (TPSA) is 40.6 Å². The van der Waals surface area contributed by atoms with E-state index < -0.39 is 27.4 Å². The zero-order valence-corrected chi connectivity index (χ0v) is 12.2. The highest BCUT2D eigenvalue weighted by atomic mass is 32.2. The standard InChI is InChI=1S/C14H16F2N2O2S/c1-2-5-17-6-8-18(9-7-17)21(19,20)11-12-3-4-13(15)10-14(12)16/h1,3-4,10H,5-9,11H2. The van der Waals surface area contributed by atoms with E-state index in [1.54, 1.807) is 0 Å². The molecule has 7 heteroatoms. The predicted octanol–water partition coefficient (Wildman–Crippen LogP) is 1.05. The van der Waals surface area contributed by atoms with E-state index in [1.165, 1.54) is 4.31 Å². The van der Waals surface area contributed by atoms with Crippen LogP contribution in [0.15, 0.2) is 18.2 Å². The van der Waals surface area contributed by atoms with Crippen LogP contribution >= 0.6 is 0 Å². The molecular weight excluding hydrogens is 298 g/mol. The highest BCUT2D eigenvalue weighted by Gasteiger charge is 2.27. The van der Waals surface area contributed by atoms with E-state index in [9.17, 15) is 17.2 Å². The molecule has 1 aliphatic rings. The van der Waals surface area contributed by atoms with Crippen molar-refractivity contribution in [3.05, 3.63) is 35.4 Å². The normalized spacial score (nSPS) is 17.6. The average molecular weight is 314 g/mol. The Hall–Kier alpha value is -1.49. The number of rotatable bonds is 4. The van der Waals surface area contributed by atoms with Crippen molar-refractivity contribution >= 4 is 10.0 Å². The Kier molecular flexibility index (Phi) is 4.93. The first-order valence-electron chi connectivity index (χ1n) is 6.50. The van der Waals surface area contributed by atoms with Gasteiger partial charge in [-0.25, -0.2) is 17.2 Å². The summed E-state index contributed by atoms with van der Waals surface area (Å²) >= 11 is 0. The Balaban J connectivity index is 2.04. The van der Waals surface area contributed by atoms with E-state index in [4.69, 9.17) is 6.42 Å². The molecule has 1 heterocycles. The first kappa shape index (κ1) is 15.9. The highest BCUT2D eigenvalue weighted by molar-refractivity contribution is 7.88. The monoisotopic (exact) mass is 314 g/mol. The Labute approximate surface area is 123 Å². The van der Waals surface area contributed by atoms with Gasteiger partial charge in [-0.2, -0.15) is 4.31 Å². The van der Waals surface area contributed by atoms with E-state index in [0.717, 1.165) is 12.1 Å². The number of benzene rings is 1. The van der Waals surface area contributed by atoms with Crippen molar-refractivity contribution in [3.8, 4) is 12.3 Å². The minimum absolute atomic E-state index is 0.0255. The molecule has 0 aliphatic carbocycles. The quantitative estimate of drug-likeness (QED) is 0.780. The summed E-state index contributed by atoms with van der Waals surface area (Å²) in [5.41, 5.74) is -0.0255. The lowest BCUT2D eigenvalue weighted by molar-refractivity contribution is 0.207. The molecule has 0 spiro atoms. The minimum atomic E-state index is -3.62. The maximum absolute atomic E-state index is 13.6. The maximum Gasteiger partial charge on any atom is 0.218 e. The van der Waals surface area contributed by atoms with Gasteiger partial charge in [0, 0.05) is 37.8 Å². The van der Waals surface area contributed by atoms with Gasteiger partial charge < -0.3 is 0 Å². The van der Waals surface area contributed by atoms with Gasteiger partial charge in [0.1, 0.15) is 11.6 Å². The van der Waals surface area contributed by atoms with Crippen molar-refractivity contribution in [3.63, 3.8) is 0 Å². The van der Waals surface area contributed by atoms with Gasteiger partial charge in [0.25, 0.3) is 0 Å². The van der Waals surface area contributed by atoms with Crippen LogP contribution in [0.25, 0.3) is 0 Å². The van der Waals surface area contributed by atoms with Gasteiger partial charge in [-0.3, -0.25) is 4.90 Å². The second kappa shape index (κ2) is 6.52. The molecule has 0 aromatic heterocycles. The molecule has 0 bridgehead atoms. The number of piperazine rings is 1. The van der Waals surface area contributed by atoms with Crippen LogP contribution in [-0.2, 0) is 15.8 Å². The van der Waals surface area contributed by atoms with Crippen molar-refractivity contribution in [2.45, 2.75) is 5.75 Å². The van der Waals surface area contributed by atoms with Crippen molar-refractivity contribution < 1.29 is 17.2 Å². The lowest BCUT2D eigenvalue weighted by Crippen LogP contribution is -2.48. The minimum Gasteiger partial charge on any atom is -0.290 e. The van der Waals surface area contributed by atoms with Crippen LogP contribution in [0.5, 0.6) is 0 Å². The number of terminal acetylenes is 1. The summed E-state index contributed by atoms with van der Waals surface area (Å²) < 4.78 is 52.2. The molecular formula is C14H16F2N2O2S. The number of hydrogen-bond donors (Lipinski definition) is 0. The Morgan fingerprint density at radius 1 is 1.19 bits per heavy atom. The van der Waals surface area contributed by atoms with Crippen LogP contribution < -0.4 is 0 Å². The molecule has 1 fully saturated rings. The average Bonchev–Trinajstić information content (AvgIpc) is 2.43. The third kappa shape index (κ3) is 4.00. The summed E-state index contributed by atoms with van der Waals surface area (Å²) in [5, 5.41) is 0. The largest absolute Gasteiger partial charge is 0.290 e. The van der Waals surface area contributed by atoms with E-state index >= 15 is 0 Å². The van der Waals surface area contributed by atoms with Gasteiger partial charge in [0.15, 0.2) is 0 Å². The first-order valence-corrected chi connectivity index (χ1v) is 8.11. The van der Waals surface area contributed by atoms with Crippen LogP contribution in [-0.4, -0.2) is 50.3 Å². The number of halogens is 2. The molecule has 1 aromatic rings. The SMILES string of the molecule is C#CCN1CCN(S(=O)(=O)Cc2ccc(F)cc2F)CC1. The van der Waals surface area contributed by atoms with Gasteiger partial charge >= 0.3 is 0 Å². The molecule has 2 rings (SSSR count).